The molecule has 2 rings (SSSR count). The van der Waals surface area contributed by atoms with Crippen LogP contribution in [0.4, 0.5) is 0 Å². The van der Waals surface area contributed by atoms with Crippen LogP contribution in [0.15, 0.2) is 0 Å². The van der Waals surface area contributed by atoms with Crippen molar-refractivity contribution >= 4 is 17.5 Å². The number of aliphatic hydroxyl groups is 2. The van der Waals surface area contributed by atoms with Crippen molar-refractivity contribution in [2.24, 2.45) is 23.2 Å². The van der Waals surface area contributed by atoms with Gasteiger partial charge in [0.15, 0.2) is 0 Å². The van der Waals surface area contributed by atoms with Crippen LogP contribution in [0.25, 0.3) is 0 Å². The first-order valence-corrected chi connectivity index (χ1v) is 7.36. The largest absolute Gasteiger partial charge is 0.465 e. The highest BCUT2D eigenvalue weighted by atomic mass is 16.5. The van der Waals surface area contributed by atoms with E-state index in [2.05, 4.69) is 0 Å². The molecular weight excluding hydrogens is 276 g/mol. The third kappa shape index (κ3) is 2.62. The van der Waals surface area contributed by atoms with E-state index in [1.165, 1.54) is 0 Å². The second kappa shape index (κ2) is 5.85. The number of esters is 1. The molecule has 4 unspecified atom stereocenters. The molecule has 2 fully saturated rings. The van der Waals surface area contributed by atoms with E-state index in [1.54, 1.807) is 0 Å². The van der Waals surface area contributed by atoms with Crippen molar-refractivity contribution in [2.45, 2.75) is 39.2 Å². The van der Waals surface area contributed by atoms with Gasteiger partial charge >= 0.3 is 5.97 Å². The molecule has 0 heterocycles. The minimum atomic E-state index is -1.16. The molecule has 2 bridgehead atoms. The number of fused-ring (bicyclic) bond motifs is 2. The van der Waals surface area contributed by atoms with Gasteiger partial charge in [0.25, 0.3) is 0 Å². The lowest BCUT2D eigenvalue weighted by molar-refractivity contribution is -0.155. The van der Waals surface area contributed by atoms with Gasteiger partial charge in [-0.25, -0.2) is 0 Å². The molecule has 0 aromatic carbocycles. The van der Waals surface area contributed by atoms with Crippen LogP contribution in [0, 0.1) is 23.2 Å². The Balaban J connectivity index is 2.08. The average molecular weight is 298 g/mol. The number of carbonyl (C=O) groups is 3. The van der Waals surface area contributed by atoms with Crippen LogP contribution in [0.3, 0.4) is 0 Å². The number of aliphatic hydroxyl groups excluding tert-OH is 2. The van der Waals surface area contributed by atoms with Gasteiger partial charge in [-0.3, -0.25) is 14.4 Å². The van der Waals surface area contributed by atoms with Gasteiger partial charge in [-0.15, -0.1) is 0 Å². The van der Waals surface area contributed by atoms with E-state index >= 15 is 0 Å². The number of ether oxygens (including phenoxy) is 1. The van der Waals surface area contributed by atoms with Crippen molar-refractivity contribution in [1.29, 1.82) is 0 Å². The topological polar surface area (TPSA) is 101 Å². The zero-order chi connectivity index (χ0) is 15.8. The van der Waals surface area contributed by atoms with E-state index in [4.69, 9.17) is 9.84 Å². The molecule has 2 aliphatic rings. The maximum Gasteiger partial charge on any atom is 0.308 e. The van der Waals surface area contributed by atoms with Gasteiger partial charge < -0.3 is 14.9 Å². The van der Waals surface area contributed by atoms with Crippen molar-refractivity contribution in [3.8, 4) is 0 Å². The van der Waals surface area contributed by atoms with Crippen LogP contribution in [-0.4, -0.2) is 47.1 Å². The van der Waals surface area contributed by atoms with E-state index < -0.39 is 29.9 Å². The third-order valence-electron chi connectivity index (χ3n) is 4.81. The maximum absolute atomic E-state index is 12.3. The van der Waals surface area contributed by atoms with Gasteiger partial charge in [-0.2, -0.15) is 0 Å². The zero-order valence-electron chi connectivity index (χ0n) is 12.4. The summed E-state index contributed by atoms with van der Waals surface area (Å²) in [7, 11) is 0. The first-order valence-electron chi connectivity index (χ1n) is 7.36. The Bertz CT molecular complexity index is 457. The van der Waals surface area contributed by atoms with Crippen LogP contribution in [0.2, 0.25) is 0 Å². The summed E-state index contributed by atoms with van der Waals surface area (Å²) < 4.78 is 5.14. The monoisotopic (exact) mass is 298 g/mol. The van der Waals surface area contributed by atoms with Gasteiger partial charge in [0.2, 0.25) is 11.6 Å². The lowest BCUT2D eigenvalue weighted by Gasteiger charge is -2.31. The molecule has 0 amide bonds. The first-order chi connectivity index (χ1) is 9.83. The second-order valence-electron chi connectivity index (χ2n) is 6.47. The lowest BCUT2D eigenvalue weighted by atomic mass is 9.74. The smallest absolute Gasteiger partial charge is 0.308 e. The summed E-state index contributed by atoms with van der Waals surface area (Å²) in [6.45, 7) is 3.32. The average Bonchev–Trinajstić information content (AvgIpc) is 2.91. The van der Waals surface area contributed by atoms with Gasteiger partial charge in [0.05, 0.1) is 24.5 Å². The molecule has 0 aromatic heterocycles. The Morgan fingerprint density at radius 2 is 2.10 bits per heavy atom. The Morgan fingerprint density at radius 3 is 2.67 bits per heavy atom. The Morgan fingerprint density at radius 1 is 1.43 bits per heavy atom. The quantitative estimate of drug-likeness (QED) is 0.532. The van der Waals surface area contributed by atoms with Crippen molar-refractivity contribution in [2.75, 3.05) is 13.2 Å². The third-order valence-corrected chi connectivity index (χ3v) is 4.81. The molecule has 21 heavy (non-hydrogen) atoms. The molecule has 2 saturated carbocycles. The molecule has 0 spiro atoms. The van der Waals surface area contributed by atoms with Crippen LogP contribution in [0.1, 0.15) is 33.1 Å². The Hall–Kier alpha value is -1.27. The highest BCUT2D eigenvalue weighted by Crippen LogP contribution is 2.57. The normalized spacial score (nSPS) is 32.8. The molecule has 6 heteroatoms. The molecule has 2 aliphatic carbocycles. The van der Waals surface area contributed by atoms with Crippen molar-refractivity contribution in [3.05, 3.63) is 0 Å². The maximum atomic E-state index is 12.3. The van der Waals surface area contributed by atoms with Crippen molar-refractivity contribution in [3.63, 3.8) is 0 Å². The predicted molar refractivity (Wildman–Crippen MR) is 72.2 cm³/mol. The molecule has 4 atom stereocenters. The summed E-state index contributed by atoms with van der Waals surface area (Å²) in [5, 5.41) is 17.9. The number of hydrogen-bond acceptors (Lipinski definition) is 6. The van der Waals surface area contributed by atoms with Gasteiger partial charge in [-0.05, 0) is 24.7 Å². The summed E-state index contributed by atoms with van der Waals surface area (Å²) in [6.07, 6.45) is -0.233. The van der Waals surface area contributed by atoms with Crippen LogP contribution in [-0.2, 0) is 19.1 Å². The molecule has 0 radical (unpaired) electrons. The minimum absolute atomic E-state index is 0.0759. The zero-order valence-corrected chi connectivity index (χ0v) is 12.4. The number of rotatable bonds is 6. The van der Waals surface area contributed by atoms with Crippen LogP contribution >= 0.6 is 0 Å². The minimum Gasteiger partial charge on any atom is -0.465 e. The molecule has 6 nitrogen and oxygen atoms in total. The highest BCUT2D eigenvalue weighted by molar-refractivity contribution is 6.43. The van der Waals surface area contributed by atoms with Gasteiger partial charge in [0, 0.05) is 5.92 Å². The summed E-state index contributed by atoms with van der Waals surface area (Å²) >= 11 is 0. The van der Waals surface area contributed by atoms with E-state index in [-0.39, 0.29) is 36.6 Å². The standard InChI is InChI=1S/C15H22O6/c1-8(2)12-10-3-4-15(12,14(20)13(10)19)7-21-11(18)5-9(17)6-16/h8-10,12,16-17H,3-7H2,1-2H3. The van der Waals surface area contributed by atoms with Crippen LogP contribution < -0.4 is 0 Å². The Kier molecular flexibility index (Phi) is 4.49. The second-order valence-corrected chi connectivity index (χ2v) is 6.47. The number of hydrogen-bond donors (Lipinski definition) is 2. The van der Waals surface area contributed by atoms with Crippen molar-refractivity contribution in [1.82, 2.24) is 0 Å². The summed E-state index contributed by atoms with van der Waals surface area (Å²) in [5.74, 6) is -1.55. The fourth-order valence-electron chi connectivity index (χ4n) is 3.98. The molecule has 0 aromatic rings. The SMILES string of the molecule is CC(C)C1C2CCC1(COC(=O)CC(O)CO)C(=O)C2=O. The highest BCUT2D eigenvalue weighted by Gasteiger charge is 2.65. The van der Waals surface area contributed by atoms with Crippen molar-refractivity contribution < 1.29 is 29.3 Å². The number of ketones is 2. The predicted octanol–water partition coefficient (Wildman–Crippen LogP) is 0.0933. The molecule has 118 valence electrons. The summed E-state index contributed by atoms with van der Waals surface area (Å²) in [4.78, 5) is 35.9. The van der Waals surface area contributed by atoms with E-state index in [1.807, 2.05) is 13.8 Å². The van der Waals surface area contributed by atoms with E-state index in [9.17, 15) is 19.5 Å². The van der Waals surface area contributed by atoms with Crippen LogP contribution in [0.5, 0.6) is 0 Å². The summed E-state index contributed by atoms with van der Waals surface area (Å²) in [5.41, 5.74) is -0.879. The fourth-order valence-corrected chi connectivity index (χ4v) is 3.98. The lowest BCUT2D eigenvalue weighted by Crippen LogP contribution is -2.40. The summed E-state index contributed by atoms with van der Waals surface area (Å²) in [6, 6.07) is 0. The molecule has 0 saturated heterocycles. The van der Waals surface area contributed by atoms with E-state index in [0.717, 1.165) is 0 Å². The Labute approximate surface area is 123 Å². The molecular formula is C15H22O6. The number of Topliss-reactive ketones (excluding diaryl/α,β-unsaturated/α-hetero) is 2. The van der Waals surface area contributed by atoms with Gasteiger partial charge in [-0.1, -0.05) is 13.8 Å². The number of carbonyl (C=O) groups excluding carboxylic acids is 3. The first kappa shape index (κ1) is 16.1. The van der Waals surface area contributed by atoms with E-state index in [0.29, 0.717) is 12.8 Å². The molecule has 2 N–H and O–H groups in total. The van der Waals surface area contributed by atoms with Gasteiger partial charge in [0.1, 0.15) is 6.61 Å². The molecule has 0 aliphatic heterocycles. The fraction of sp³-hybridized carbons (Fsp3) is 0.800.